The topological polar surface area (TPSA) is 12.0 Å². The van der Waals surface area contributed by atoms with Gasteiger partial charge in [0.2, 0.25) is 0 Å². The van der Waals surface area contributed by atoms with Gasteiger partial charge in [0.15, 0.2) is 0 Å². The van der Waals surface area contributed by atoms with Crippen molar-refractivity contribution in [2.75, 3.05) is 13.1 Å². The molecule has 0 bridgehead atoms. The van der Waals surface area contributed by atoms with E-state index >= 15 is 0 Å². The lowest BCUT2D eigenvalue weighted by atomic mass is 9.89. The zero-order chi connectivity index (χ0) is 12.5. The fourth-order valence-corrected chi connectivity index (χ4v) is 3.90. The van der Waals surface area contributed by atoms with E-state index in [9.17, 15) is 0 Å². The summed E-state index contributed by atoms with van der Waals surface area (Å²) in [5.74, 6) is 1.39. The molecular formula is C16H21NS. The summed E-state index contributed by atoms with van der Waals surface area (Å²) in [6, 6.07) is 7.02. The van der Waals surface area contributed by atoms with Gasteiger partial charge in [0.1, 0.15) is 0 Å². The summed E-state index contributed by atoms with van der Waals surface area (Å²) in [6.07, 6.45) is 2.58. The Hall–Kier alpha value is -0.860. The van der Waals surface area contributed by atoms with Crippen LogP contribution in [-0.4, -0.2) is 13.1 Å². The van der Waals surface area contributed by atoms with Gasteiger partial charge in [-0.3, -0.25) is 0 Å². The first-order chi connectivity index (χ1) is 8.75. The fourth-order valence-electron chi connectivity index (χ4n) is 2.87. The first kappa shape index (κ1) is 12.2. The predicted molar refractivity (Wildman–Crippen MR) is 80.8 cm³/mol. The van der Waals surface area contributed by atoms with Crippen LogP contribution in [0.1, 0.15) is 49.7 Å². The van der Waals surface area contributed by atoms with E-state index in [1.807, 2.05) is 11.3 Å². The molecule has 0 atom stereocenters. The van der Waals surface area contributed by atoms with Crippen LogP contribution < -0.4 is 5.32 Å². The largest absolute Gasteiger partial charge is 0.317 e. The second-order valence-corrected chi connectivity index (χ2v) is 6.54. The van der Waals surface area contributed by atoms with Crippen LogP contribution in [0.15, 0.2) is 23.6 Å². The van der Waals surface area contributed by atoms with Crippen molar-refractivity contribution in [1.29, 1.82) is 0 Å². The van der Waals surface area contributed by atoms with Gasteiger partial charge in [-0.15, -0.1) is 11.3 Å². The standard InChI is InChI=1S/C16H21NS/c1-11(2)13-3-4-16-14(9-13)15(10-18-16)12-5-7-17-8-6-12/h3-4,9-12,17H,5-8H2,1-2H3. The lowest BCUT2D eigenvalue weighted by Crippen LogP contribution is -2.26. The summed E-state index contributed by atoms with van der Waals surface area (Å²) in [7, 11) is 0. The number of hydrogen-bond acceptors (Lipinski definition) is 2. The van der Waals surface area contributed by atoms with Gasteiger partial charge in [-0.1, -0.05) is 19.9 Å². The normalized spacial score (nSPS) is 17.7. The van der Waals surface area contributed by atoms with Crippen LogP contribution in [0.25, 0.3) is 10.1 Å². The summed E-state index contributed by atoms with van der Waals surface area (Å²) in [5.41, 5.74) is 3.06. The quantitative estimate of drug-likeness (QED) is 0.837. The van der Waals surface area contributed by atoms with Crippen LogP contribution in [-0.2, 0) is 0 Å². The van der Waals surface area contributed by atoms with Gasteiger partial charge in [-0.05, 0) is 71.8 Å². The van der Waals surface area contributed by atoms with Gasteiger partial charge < -0.3 is 5.32 Å². The van der Waals surface area contributed by atoms with Crippen molar-refractivity contribution in [3.8, 4) is 0 Å². The van der Waals surface area contributed by atoms with E-state index in [-0.39, 0.29) is 0 Å². The third-order valence-corrected chi connectivity index (χ3v) is 5.05. The molecule has 1 nitrogen and oxygen atoms in total. The number of piperidine rings is 1. The zero-order valence-electron chi connectivity index (χ0n) is 11.2. The third-order valence-electron chi connectivity index (χ3n) is 4.07. The molecule has 0 unspecified atom stereocenters. The lowest BCUT2D eigenvalue weighted by Gasteiger charge is -2.22. The van der Waals surface area contributed by atoms with Crippen molar-refractivity contribution >= 4 is 21.4 Å². The molecule has 2 aromatic rings. The van der Waals surface area contributed by atoms with Gasteiger partial charge in [0, 0.05) is 4.70 Å². The van der Waals surface area contributed by atoms with Gasteiger partial charge >= 0.3 is 0 Å². The van der Waals surface area contributed by atoms with Crippen LogP contribution in [0.4, 0.5) is 0 Å². The fraction of sp³-hybridized carbons (Fsp3) is 0.500. The van der Waals surface area contributed by atoms with Crippen LogP contribution in [0, 0.1) is 0 Å². The Balaban J connectivity index is 2.03. The Morgan fingerprint density at radius 3 is 2.72 bits per heavy atom. The second kappa shape index (κ2) is 5.02. The van der Waals surface area contributed by atoms with E-state index in [1.54, 1.807) is 5.56 Å². The number of thiophene rings is 1. The van der Waals surface area contributed by atoms with Crippen molar-refractivity contribution in [3.63, 3.8) is 0 Å². The Morgan fingerprint density at radius 2 is 2.00 bits per heavy atom. The predicted octanol–water partition coefficient (Wildman–Crippen LogP) is 4.49. The first-order valence-electron chi connectivity index (χ1n) is 6.97. The Morgan fingerprint density at radius 1 is 1.22 bits per heavy atom. The maximum absolute atomic E-state index is 3.46. The van der Waals surface area contributed by atoms with Gasteiger partial charge in [0.25, 0.3) is 0 Å². The summed E-state index contributed by atoms with van der Waals surface area (Å²) >= 11 is 1.91. The van der Waals surface area contributed by atoms with E-state index in [0.29, 0.717) is 5.92 Å². The second-order valence-electron chi connectivity index (χ2n) is 5.63. The lowest BCUT2D eigenvalue weighted by molar-refractivity contribution is 0.463. The van der Waals surface area contributed by atoms with E-state index in [4.69, 9.17) is 0 Å². The van der Waals surface area contributed by atoms with Crippen LogP contribution in [0.5, 0.6) is 0 Å². The summed E-state index contributed by atoms with van der Waals surface area (Å²) in [6.45, 7) is 6.90. The van der Waals surface area contributed by atoms with Crippen molar-refractivity contribution in [3.05, 3.63) is 34.7 Å². The number of benzene rings is 1. The molecule has 3 rings (SSSR count). The molecule has 0 spiro atoms. The van der Waals surface area contributed by atoms with Crippen molar-refractivity contribution in [2.45, 2.75) is 38.5 Å². The van der Waals surface area contributed by atoms with Crippen molar-refractivity contribution < 1.29 is 0 Å². The van der Waals surface area contributed by atoms with Crippen LogP contribution >= 0.6 is 11.3 Å². The highest BCUT2D eigenvalue weighted by Crippen LogP contribution is 2.36. The SMILES string of the molecule is CC(C)c1ccc2scc(C3CCNCC3)c2c1. The maximum atomic E-state index is 3.46. The Labute approximate surface area is 113 Å². The number of nitrogens with one attached hydrogen (secondary N) is 1. The smallest absolute Gasteiger partial charge is 0.0345 e. The molecule has 1 aromatic carbocycles. The van der Waals surface area contributed by atoms with E-state index < -0.39 is 0 Å². The molecule has 1 saturated heterocycles. The first-order valence-corrected chi connectivity index (χ1v) is 7.85. The highest BCUT2D eigenvalue weighted by Gasteiger charge is 2.18. The van der Waals surface area contributed by atoms with Crippen LogP contribution in [0.2, 0.25) is 0 Å². The zero-order valence-corrected chi connectivity index (χ0v) is 12.0. The summed E-state index contributed by atoms with van der Waals surface area (Å²) < 4.78 is 1.45. The summed E-state index contributed by atoms with van der Waals surface area (Å²) in [4.78, 5) is 0. The van der Waals surface area contributed by atoms with E-state index in [1.165, 1.54) is 41.6 Å². The molecule has 0 saturated carbocycles. The molecule has 2 heterocycles. The minimum atomic E-state index is 0.621. The molecule has 1 aromatic heterocycles. The maximum Gasteiger partial charge on any atom is 0.0345 e. The molecule has 18 heavy (non-hydrogen) atoms. The van der Waals surface area contributed by atoms with Crippen molar-refractivity contribution in [2.24, 2.45) is 0 Å². The van der Waals surface area contributed by atoms with Gasteiger partial charge in [-0.25, -0.2) is 0 Å². The number of rotatable bonds is 2. The highest BCUT2D eigenvalue weighted by atomic mass is 32.1. The third kappa shape index (κ3) is 2.19. The van der Waals surface area contributed by atoms with Crippen molar-refractivity contribution in [1.82, 2.24) is 5.32 Å². The molecule has 2 heteroatoms. The molecule has 96 valence electrons. The minimum Gasteiger partial charge on any atom is -0.317 e. The molecule has 1 aliphatic rings. The minimum absolute atomic E-state index is 0.621. The summed E-state index contributed by atoms with van der Waals surface area (Å²) in [5, 5.41) is 7.36. The average Bonchev–Trinajstić information content (AvgIpc) is 2.82. The number of fused-ring (bicyclic) bond motifs is 1. The van der Waals surface area contributed by atoms with Gasteiger partial charge in [-0.2, -0.15) is 0 Å². The Bertz CT molecular complexity index is 535. The molecule has 0 aliphatic carbocycles. The molecule has 1 N–H and O–H groups in total. The molecule has 1 aliphatic heterocycles. The molecule has 1 fully saturated rings. The van der Waals surface area contributed by atoms with E-state index in [0.717, 1.165) is 5.92 Å². The highest BCUT2D eigenvalue weighted by molar-refractivity contribution is 7.17. The molecule has 0 radical (unpaired) electrons. The monoisotopic (exact) mass is 259 g/mol. The molecular weight excluding hydrogens is 238 g/mol. The van der Waals surface area contributed by atoms with Crippen LogP contribution in [0.3, 0.4) is 0 Å². The molecule has 0 amide bonds. The number of hydrogen-bond donors (Lipinski definition) is 1. The van der Waals surface area contributed by atoms with E-state index in [2.05, 4.69) is 42.7 Å². The Kier molecular flexibility index (Phi) is 3.40. The van der Waals surface area contributed by atoms with Gasteiger partial charge in [0.05, 0.1) is 0 Å². The average molecular weight is 259 g/mol.